The SMILES string of the molecule is CCN(CCCNc1cccc(C(=O)O)n1)S(C)(=O)=O. The van der Waals surface area contributed by atoms with E-state index in [0.29, 0.717) is 31.9 Å². The van der Waals surface area contributed by atoms with Crippen LogP contribution in [-0.2, 0) is 10.0 Å². The van der Waals surface area contributed by atoms with Gasteiger partial charge in [-0.2, -0.15) is 0 Å². The van der Waals surface area contributed by atoms with Crippen LogP contribution in [-0.4, -0.2) is 54.7 Å². The largest absolute Gasteiger partial charge is 0.477 e. The highest BCUT2D eigenvalue weighted by Gasteiger charge is 2.13. The minimum atomic E-state index is -3.17. The highest BCUT2D eigenvalue weighted by atomic mass is 32.2. The van der Waals surface area contributed by atoms with E-state index in [0.717, 1.165) is 0 Å². The molecule has 0 radical (unpaired) electrons. The van der Waals surface area contributed by atoms with E-state index in [1.165, 1.54) is 16.6 Å². The zero-order valence-electron chi connectivity index (χ0n) is 11.5. The second kappa shape index (κ2) is 7.20. The molecule has 0 bridgehead atoms. The summed E-state index contributed by atoms with van der Waals surface area (Å²) in [4.78, 5) is 14.7. The number of aromatic carboxylic acids is 1. The molecule has 0 unspecified atom stereocenters. The molecule has 0 aliphatic rings. The first-order valence-corrected chi connectivity index (χ1v) is 8.08. The summed E-state index contributed by atoms with van der Waals surface area (Å²) >= 11 is 0. The molecule has 0 saturated heterocycles. The van der Waals surface area contributed by atoms with Crippen LogP contribution in [0.15, 0.2) is 18.2 Å². The molecule has 2 N–H and O–H groups in total. The van der Waals surface area contributed by atoms with Gasteiger partial charge in [0.25, 0.3) is 0 Å². The van der Waals surface area contributed by atoms with Crippen LogP contribution in [0.2, 0.25) is 0 Å². The van der Waals surface area contributed by atoms with Crippen molar-refractivity contribution in [3.8, 4) is 0 Å². The highest BCUT2D eigenvalue weighted by molar-refractivity contribution is 7.88. The molecule has 0 spiro atoms. The number of nitrogens with zero attached hydrogens (tertiary/aromatic N) is 2. The standard InChI is InChI=1S/C12H19N3O4S/c1-3-15(20(2,18)19)9-5-8-13-11-7-4-6-10(14-11)12(16)17/h4,6-7H,3,5,8-9H2,1-2H3,(H,13,14)(H,16,17). The number of carboxylic acids is 1. The Kier molecular flexibility index (Phi) is 5.90. The van der Waals surface area contributed by atoms with E-state index in [1.54, 1.807) is 19.1 Å². The van der Waals surface area contributed by atoms with Crippen molar-refractivity contribution in [2.75, 3.05) is 31.2 Å². The Morgan fingerprint density at radius 1 is 1.45 bits per heavy atom. The third-order valence-corrected chi connectivity index (χ3v) is 4.06. The molecule has 112 valence electrons. The number of aromatic nitrogens is 1. The monoisotopic (exact) mass is 301 g/mol. The lowest BCUT2D eigenvalue weighted by molar-refractivity contribution is 0.0690. The van der Waals surface area contributed by atoms with Crippen LogP contribution in [0.25, 0.3) is 0 Å². The third-order valence-electron chi connectivity index (χ3n) is 2.68. The summed E-state index contributed by atoms with van der Waals surface area (Å²) in [6.07, 6.45) is 1.79. The topological polar surface area (TPSA) is 99.6 Å². The summed E-state index contributed by atoms with van der Waals surface area (Å²) < 4.78 is 24.1. The Hall–Kier alpha value is -1.67. The van der Waals surface area contributed by atoms with Crippen molar-refractivity contribution in [1.82, 2.24) is 9.29 Å². The molecular formula is C12H19N3O4S. The van der Waals surface area contributed by atoms with Crippen molar-refractivity contribution in [3.63, 3.8) is 0 Å². The van der Waals surface area contributed by atoms with Crippen LogP contribution in [0, 0.1) is 0 Å². The maximum Gasteiger partial charge on any atom is 0.354 e. The minimum absolute atomic E-state index is 0.0266. The van der Waals surface area contributed by atoms with Gasteiger partial charge < -0.3 is 10.4 Å². The maximum absolute atomic E-state index is 11.4. The van der Waals surface area contributed by atoms with Gasteiger partial charge in [-0.3, -0.25) is 0 Å². The predicted molar refractivity (Wildman–Crippen MR) is 76.4 cm³/mol. The molecule has 0 amide bonds. The molecule has 0 atom stereocenters. The fourth-order valence-corrected chi connectivity index (χ4v) is 2.61. The van der Waals surface area contributed by atoms with E-state index in [9.17, 15) is 13.2 Å². The van der Waals surface area contributed by atoms with Gasteiger partial charge in [-0.1, -0.05) is 13.0 Å². The van der Waals surface area contributed by atoms with Gasteiger partial charge in [0.1, 0.15) is 5.82 Å². The normalized spacial score (nSPS) is 11.6. The zero-order chi connectivity index (χ0) is 15.2. The van der Waals surface area contributed by atoms with Crippen molar-refractivity contribution in [3.05, 3.63) is 23.9 Å². The lowest BCUT2D eigenvalue weighted by Gasteiger charge is -2.17. The van der Waals surface area contributed by atoms with E-state index in [4.69, 9.17) is 5.11 Å². The average molecular weight is 301 g/mol. The van der Waals surface area contributed by atoms with Crippen molar-refractivity contribution >= 4 is 21.8 Å². The second-order valence-electron chi connectivity index (χ2n) is 4.25. The molecule has 1 heterocycles. The summed E-state index contributed by atoms with van der Waals surface area (Å²) in [7, 11) is -3.17. The van der Waals surface area contributed by atoms with E-state index in [-0.39, 0.29) is 5.69 Å². The van der Waals surface area contributed by atoms with E-state index in [2.05, 4.69) is 10.3 Å². The van der Waals surface area contributed by atoms with Crippen LogP contribution in [0.1, 0.15) is 23.8 Å². The van der Waals surface area contributed by atoms with Crippen molar-refractivity contribution in [2.24, 2.45) is 0 Å². The van der Waals surface area contributed by atoms with Gasteiger partial charge in [-0.25, -0.2) is 22.5 Å². The molecular weight excluding hydrogens is 282 g/mol. The summed E-state index contributed by atoms with van der Waals surface area (Å²) in [5.74, 6) is -0.616. The van der Waals surface area contributed by atoms with Crippen molar-refractivity contribution in [1.29, 1.82) is 0 Å². The molecule has 0 aromatic carbocycles. The first-order chi connectivity index (χ1) is 9.34. The maximum atomic E-state index is 11.4. The van der Waals surface area contributed by atoms with Gasteiger partial charge in [0.05, 0.1) is 6.26 Å². The van der Waals surface area contributed by atoms with Crippen LogP contribution in [0.5, 0.6) is 0 Å². The molecule has 1 aromatic heterocycles. The van der Waals surface area contributed by atoms with Gasteiger partial charge in [-0.15, -0.1) is 0 Å². The molecule has 1 aromatic rings. The number of hydrogen-bond acceptors (Lipinski definition) is 5. The van der Waals surface area contributed by atoms with Gasteiger partial charge in [0.15, 0.2) is 5.69 Å². The van der Waals surface area contributed by atoms with Gasteiger partial charge >= 0.3 is 5.97 Å². The summed E-state index contributed by atoms with van der Waals surface area (Å²) in [6, 6.07) is 4.68. The van der Waals surface area contributed by atoms with Crippen LogP contribution < -0.4 is 5.32 Å². The van der Waals surface area contributed by atoms with E-state index in [1.807, 2.05) is 0 Å². The molecule has 1 rings (SSSR count). The van der Waals surface area contributed by atoms with Crippen molar-refractivity contribution < 1.29 is 18.3 Å². The lowest BCUT2D eigenvalue weighted by atomic mass is 10.3. The molecule has 0 saturated carbocycles. The van der Waals surface area contributed by atoms with Crippen molar-refractivity contribution in [2.45, 2.75) is 13.3 Å². The third kappa shape index (κ3) is 5.14. The highest BCUT2D eigenvalue weighted by Crippen LogP contribution is 2.05. The molecule has 7 nitrogen and oxygen atoms in total. The number of pyridine rings is 1. The summed E-state index contributed by atoms with van der Waals surface area (Å²) in [5.41, 5.74) is -0.0266. The Bertz CT molecular complexity index is 560. The molecule has 0 aliphatic heterocycles. The number of carbonyl (C=O) groups is 1. The number of sulfonamides is 1. The Morgan fingerprint density at radius 2 is 2.15 bits per heavy atom. The quantitative estimate of drug-likeness (QED) is 0.691. The van der Waals surface area contributed by atoms with Crippen LogP contribution in [0.4, 0.5) is 5.82 Å². The Balaban J connectivity index is 2.45. The predicted octanol–water partition coefficient (Wildman–Crippen LogP) is 0.863. The van der Waals surface area contributed by atoms with E-state index >= 15 is 0 Å². The Labute approximate surface area is 118 Å². The lowest BCUT2D eigenvalue weighted by Crippen LogP contribution is -2.31. The average Bonchev–Trinajstić information content (AvgIpc) is 2.37. The van der Waals surface area contributed by atoms with Crippen LogP contribution in [0.3, 0.4) is 0 Å². The fraction of sp³-hybridized carbons (Fsp3) is 0.500. The van der Waals surface area contributed by atoms with Crippen LogP contribution >= 0.6 is 0 Å². The Morgan fingerprint density at radius 3 is 2.70 bits per heavy atom. The fourth-order valence-electron chi connectivity index (χ4n) is 1.68. The summed E-state index contributed by atoms with van der Waals surface area (Å²) in [6.45, 7) is 3.15. The molecule has 0 aliphatic carbocycles. The summed E-state index contributed by atoms with van der Waals surface area (Å²) in [5, 5.41) is 11.8. The second-order valence-corrected chi connectivity index (χ2v) is 6.23. The first-order valence-electron chi connectivity index (χ1n) is 6.24. The van der Waals surface area contributed by atoms with Gasteiger partial charge in [0, 0.05) is 19.6 Å². The smallest absolute Gasteiger partial charge is 0.354 e. The minimum Gasteiger partial charge on any atom is -0.477 e. The van der Waals surface area contributed by atoms with Gasteiger partial charge in [-0.05, 0) is 18.6 Å². The first kappa shape index (κ1) is 16.4. The number of nitrogens with one attached hydrogen (secondary N) is 1. The molecule has 8 heteroatoms. The number of anilines is 1. The van der Waals surface area contributed by atoms with E-state index < -0.39 is 16.0 Å². The zero-order valence-corrected chi connectivity index (χ0v) is 12.4. The molecule has 0 fully saturated rings. The number of rotatable bonds is 8. The number of hydrogen-bond donors (Lipinski definition) is 2. The molecule has 20 heavy (non-hydrogen) atoms. The van der Waals surface area contributed by atoms with Gasteiger partial charge in [0.2, 0.25) is 10.0 Å². The number of carboxylic acid groups (broad SMARTS) is 1.